The Morgan fingerprint density at radius 1 is 1.33 bits per heavy atom. The van der Waals surface area contributed by atoms with Gasteiger partial charge in [0.05, 0.1) is 6.20 Å². The molecule has 1 heterocycles. The van der Waals surface area contributed by atoms with Gasteiger partial charge in [0, 0.05) is 24.3 Å². The molecule has 1 saturated carbocycles. The number of hydrogen-bond donors (Lipinski definition) is 1. The van der Waals surface area contributed by atoms with Crippen LogP contribution in [0.4, 0.5) is 0 Å². The summed E-state index contributed by atoms with van der Waals surface area (Å²) in [5.41, 5.74) is 0.786. The summed E-state index contributed by atoms with van der Waals surface area (Å²) >= 11 is 0. The van der Waals surface area contributed by atoms with Crippen LogP contribution in [0.15, 0.2) is 17.1 Å². The highest BCUT2D eigenvalue weighted by Crippen LogP contribution is 2.31. The van der Waals surface area contributed by atoms with E-state index < -0.39 is 0 Å². The average Bonchev–Trinajstić information content (AvgIpc) is 3.00. The van der Waals surface area contributed by atoms with Crippen molar-refractivity contribution >= 4 is 0 Å². The lowest BCUT2D eigenvalue weighted by Crippen LogP contribution is -2.27. The number of aromatic nitrogens is 1. The standard InChI is InChI=1S/C17H28N2O2/c1-3-5-10-18(4-2)12-15-11-16(20)17(21)13-19(15)14-8-6-7-9-14/h11,13-14,21H,3-10,12H2,1-2H3. The molecule has 1 aliphatic carbocycles. The normalized spacial score (nSPS) is 16.0. The molecule has 0 aromatic carbocycles. The summed E-state index contributed by atoms with van der Waals surface area (Å²) < 4.78 is 2.15. The lowest BCUT2D eigenvalue weighted by Gasteiger charge is -2.25. The minimum absolute atomic E-state index is 0.123. The van der Waals surface area contributed by atoms with Crippen LogP contribution < -0.4 is 5.43 Å². The zero-order chi connectivity index (χ0) is 15.2. The van der Waals surface area contributed by atoms with Crippen LogP contribution in [0.2, 0.25) is 0 Å². The predicted octanol–water partition coefficient (Wildman–Crippen LogP) is 3.29. The van der Waals surface area contributed by atoms with E-state index in [1.165, 1.54) is 25.7 Å². The van der Waals surface area contributed by atoms with Gasteiger partial charge in [-0.05, 0) is 32.4 Å². The molecule has 1 fully saturated rings. The molecule has 0 unspecified atom stereocenters. The Morgan fingerprint density at radius 3 is 2.67 bits per heavy atom. The zero-order valence-corrected chi connectivity index (χ0v) is 13.3. The quantitative estimate of drug-likeness (QED) is 0.838. The maximum atomic E-state index is 11.8. The Morgan fingerprint density at radius 2 is 2.05 bits per heavy atom. The Hall–Kier alpha value is -1.29. The second kappa shape index (κ2) is 7.64. The number of nitrogens with zero attached hydrogens (tertiary/aromatic N) is 2. The second-order valence-corrected chi connectivity index (χ2v) is 6.08. The fourth-order valence-corrected chi connectivity index (χ4v) is 3.19. The zero-order valence-electron chi connectivity index (χ0n) is 13.3. The molecular weight excluding hydrogens is 264 g/mol. The van der Waals surface area contributed by atoms with Crippen molar-refractivity contribution in [2.45, 2.75) is 65.0 Å². The van der Waals surface area contributed by atoms with E-state index in [1.54, 1.807) is 12.3 Å². The summed E-state index contributed by atoms with van der Waals surface area (Å²) in [7, 11) is 0. The lowest BCUT2D eigenvalue weighted by atomic mass is 10.2. The molecule has 0 radical (unpaired) electrons. The third kappa shape index (κ3) is 4.10. The van der Waals surface area contributed by atoms with Crippen LogP contribution in [0, 0.1) is 0 Å². The van der Waals surface area contributed by atoms with Gasteiger partial charge in [0.15, 0.2) is 5.75 Å². The molecule has 4 heteroatoms. The molecule has 0 amide bonds. The van der Waals surface area contributed by atoms with Crippen LogP contribution in [-0.2, 0) is 6.54 Å². The molecule has 21 heavy (non-hydrogen) atoms. The first-order chi connectivity index (χ1) is 10.2. The molecule has 0 spiro atoms. The maximum absolute atomic E-state index is 11.8. The SMILES string of the molecule is CCCCN(CC)Cc1cc(=O)c(O)cn1C1CCCC1. The van der Waals surface area contributed by atoms with Crippen molar-refractivity contribution in [3.05, 3.63) is 28.2 Å². The highest BCUT2D eigenvalue weighted by molar-refractivity contribution is 5.21. The minimum atomic E-state index is -0.259. The molecule has 1 aromatic heterocycles. The summed E-state index contributed by atoms with van der Waals surface area (Å²) in [5.74, 6) is -0.123. The summed E-state index contributed by atoms with van der Waals surface area (Å²) in [5, 5.41) is 9.77. The largest absolute Gasteiger partial charge is 0.503 e. The summed E-state index contributed by atoms with van der Waals surface area (Å²) in [4.78, 5) is 14.2. The van der Waals surface area contributed by atoms with Crippen LogP contribution in [-0.4, -0.2) is 27.7 Å². The van der Waals surface area contributed by atoms with E-state index in [-0.39, 0.29) is 11.2 Å². The molecule has 1 N–H and O–H groups in total. The number of pyridine rings is 1. The Kier molecular flexibility index (Phi) is 5.85. The van der Waals surface area contributed by atoms with Crippen molar-refractivity contribution in [3.8, 4) is 5.75 Å². The smallest absolute Gasteiger partial charge is 0.223 e. The third-order valence-corrected chi connectivity index (χ3v) is 4.52. The fourth-order valence-electron chi connectivity index (χ4n) is 3.19. The number of rotatable bonds is 7. The first-order valence-electron chi connectivity index (χ1n) is 8.32. The molecule has 2 rings (SSSR count). The van der Waals surface area contributed by atoms with Gasteiger partial charge in [-0.3, -0.25) is 9.69 Å². The molecule has 0 aliphatic heterocycles. The molecule has 1 aromatic rings. The van der Waals surface area contributed by atoms with Gasteiger partial charge in [-0.25, -0.2) is 0 Å². The van der Waals surface area contributed by atoms with Gasteiger partial charge in [0.2, 0.25) is 5.43 Å². The molecule has 0 atom stereocenters. The molecule has 118 valence electrons. The third-order valence-electron chi connectivity index (χ3n) is 4.52. The second-order valence-electron chi connectivity index (χ2n) is 6.08. The minimum Gasteiger partial charge on any atom is -0.503 e. The van der Waals surface area contributed by atoms with Gasteiger partial charge in [-0.2, -0.15) is 0 Å². The van der Waals surface area contributed by atoms with Gasteiger partial charge in [-0.1, -0.05) is 33.1 Å². The fraction of sp³-hybridized carbons (Fsp3) is 0.706. The van der Waals surface area contributed by atoms with Gasteiger partial charge in [-0.15, -0.1) is 0 Å². The number of aromatic hydroxyl groups is 1. The Balaban J connectivity index is 2.23. The highest BCUT2D eigenvalue weighted by atomic mass is 16.3. The van der Waals surface area contributed by atoms with E-state index in [0.29, 0.717) is 6.04 Å². The Labute approximate surface area is 127 Å². The van der Waals surface area contributed by atoms with Crippen molar-refractivity contribution in [2.24, 2.45) is 0 Å². The first-order valence-corrected chi connectivity index (χ1v) is 8.32. The molecule has 0 bridgehead atoms. The summed E-state index contributed by atoms with van der Waals surface area (Å²) in [6, 6.07) is 2.07. The van der Waals surface area contributed by atoms with Crippen LogP contribution >= 0.6 is 0 Å². The van der Waals surface area contributed by atoms with Crippen LogP contribution in [0.1, 0.15) is 64.1 Å². The van der Waals surface area contributed by atoms with E-state index >= 15 is 0 Å². The average molecular weight is 292 g/mol. The van der Waals surface area contributed by atoms with Crippen molar-refractivity contribution in [3.63, 3.8) is 0 Å². The van der Waals surface area contributed by atoms with Crippen LogP contribution in [0.25, 0.3) is 0 Å². The van der Waals surface area contributed by atoms with E-state index in [1.807, 2.05) is 0 Å². The molecule has 1 aliphatic rings. The van der Waals surface area contributed by atoms with Gasteiger partial charge in [0.1, 0.15) is 0 Å². The Bertz CT molecular complexity index is 504. The van der Waals surface area contributed by atoms with Crippen LogP contribution in [0.5, 0.6) is 5.75 Å². The van der Waals surface area contributed by atoms with E-state index in [9.17, 15) is 9.90 Å². The van der Waals surface area contributed by atoms with Crippen molar-refractivity contribution in [2.75, 3.05) is 13.1 Å². The van der Waals surface area contributed by atoms with E-state index in [0.717, 1.165) is 38.2 Å². The van der Waals surface area contributed by atoms with E-state index in [4.69, 9.17) is 0 Å². The topological polar surface area (TPSA) is 45.5 Å². The van der Waals surface area contributed by atoms with Gasteiger partial charge >= 0.3 is 0 Å². The summed E-state index contributed by atoms with van der Waals surface area (Å²) in [6.45, 7) is 7.20. The molecule has 4 nitrogen and oxygen atoms in total. The first kappa shape index (κ1) is 16.1. The predicted molar refractivity (Wildman–Crippen MR) is 85.7 cm³/mol. The monoisotopic (exact) mass is 292 g/mol. The molecule has 0 saturated heterocycles. The van der Waals surface area contributed by atoms with Crippen molar-refractivity contribution in [1.29, 1.82) is 0 Å². The maximum Gasteiger partial charge on any atom is 0.223 e. The lowest BCUT2D eigenvalue weighted by molar-refractivity contribution is 0.263. The van der Waals surface area contributed by atoms with E-state index in [2.05, 4.69) is 23.3 Å². The van der Waals surface area contributed by atoms with Crippen LogP contribution in [0.3, 0.4) is 0 Å². The number of unbranched alkanes of at least 4 members (excludes halogenated alkanes) is 1. The van der Waals surface area contributed by atoms with Gasteiger partial charge in [0.25, 0.3) is 0 Å². The van der Waals surface area contributed by atoms with Gasteiger partial charge < -0.3 is 9.67 Å². The summed E-state index contributed by atoms with van der Waals surface area (Å²) in [6.07, 6.45) is 8.80. The van der Waals surface area contributed by atoms with Crippen molar-refractivity contribution < 1.29 is 5.11 Å². The molecular formula is C17H28N2O2. The van der Waals surface area contributed by atoms with Crippen molar-refractivity contribution in [1.82, 2.24) is 9.47 Å². The highest BCUT2D eigenvalue weighted by Gasteiger charge is 2.20. The number of hydrogen-bond acceptors (Lipinski definition) is 3.